The second-order valence-electron chi connectivity index (χ2n) is 14.3. The van der Waals surface area contributed by atoms with E-state index in [1.54, 1.807) is 29.1 Å². The molecule has 5 N–H and O–H groups in total. The summed E-state index contributed by atoms with van der Waals surface area (Å²) in [5.41, 5.74) is 4.67. The van der Waals surface area contributed by atoms with E-state index in [4.69, 9.17) is 19.7 Å². The molecule has 17 nitrogen and oxygen atoms in total. The Balaban J connectivity index is 1.01. The standard InChI is InChI=1S/C41H41N13O4/c55-33-34(56)39(58-35(33)37-49-51-54(50-37)23-26-11-4-1-5-12-26)53-25-44-32-36(43-22-31(27-13-6-2-7-14-27)28-15-8-3-9-16-28)47-40(48-38(32)53)52-20-18-30(24-52)46-41(57)45-29-17-10-19-42-21-29/h1-17,19,21,25,30-31,33-35,39,55-56H,18,20,22-24H2,(H,43,47,48)(H2,45,46,57)/t30-,33+,34-,35+,39-/m1/s1. The van der Waals surface area contributed by atoms with Crippen molar-refractivity contribution in [3.05, 3.63) is 144 Å². The summed E-state index contributed by atoms with van der Waals surface area (Å²) >= 11 is 0. The van der Waals surface area contributed by atoms with Crippen LogP contribution < -0.4 is 20.9 Å². The fourth-order valence-electron chi connectivity index (χ4n) is 7.49. The highest BCUT2D eigenvalue weighted by atomic mass is 16.6. The number of urea groups is 1. The van der Waals surface area contributed by atoms with Gasteiger partial charge in [0.2, 0.25) is 11.8 Å². The number of hydrogen-bond donors (Lipinski definition) is 5. The van der Waals surface area contributed by atoms with Crippen LogP contribution >= 0.6 is 0 Å². The van der Waals surface area contributed by atoms with Gasteiger partial charge in [-0.25, -0.2) is 9.78 Å². The van der Waals surface area contributed by atoms with Crippen LogP contribution in [0, 0.1) is 0 Å². The normalized spacial score (nSPS) is 20.5. The molecule has 9 rings (SSSR count). The molecule has 2 aliphatic rings. The fraction of sp³-hybridized carbons (Fsp3) is 0.268. The van der Waals surface area contributed by atoms with Gasteiger partial charge in [-0.15, -0.1) is 10.2 Å². The second kappa shape index (κ2) is 16.3. The molecule has 6 heterocycles. The number of benzene rings is 3. The Kier molecular flexibility index (Phi) is 10.4. The smallest absolute Gasteiger partial charge is 0.319 e. The molecule has 0 spiro atoms. The Hall–Kier alpha value is -6.82. The molecule has 2 amide bonds. The average Bonchev–Trinajstić information content (AvgIpc) is 4.07. The van der Waals surface area contributed by atoms with Crippen molar-refractivity contribution < 1.29 is 19.7 Å². The molecule has 0 radical (unpaired) electrons. The highest BCUT2D eigenvalue weighted by molar-refractivity contribution is 5.89. The topological polar surface area (TPSA) is 206 Å². The molecule has 294 valence electrons. The number of aliphatic hydroxyl groups excluding tert-OH is 2. The zero-order valence-corrected chi connectivity index (χ0v) is 31.2. The van der Waals surface area contributed by atoms with E-state index < -0.39 is 24.5 Å². The van der Waals surface area contributed by atoms with Crippen LogP contribution in [0.1, 0.15) is 47.2 Å². The quantitative estimate of drug-likeness (QED) is 0.120. The third-order valence-corrected chi connectivity index (χ3v) is 10.4. The number of ether oxygens (including phenoxy) is 1. The number of amides is 2. The van der Waals surface area contributed by atoms with Gasteiger partial charge in [-0.1, -0.05) is 91.0 Å². The SMILES string of the molecule is O=C(Nc1cccnc1)N[C@@H]1CCN(c2nc(NCC(c3ccccc3)c3ccccc3)c3ncn([C@@H]4O[C@H](c5nnn(Cc6ccccc6)n5)[C@@H](O)[C@H]4O)c3n2)C1. The molecule has 0 unspecified atom stereocenters. The monoisotopic (exact) mass is 779 g/mol. The maximum absolute atomic E-state index is 12.9. The van der Waals surface area contributed by atoms with Gasteiger partial charge in [0, 0.05) is 37.8 Å². The minimum atomic E-state index is -1.38. The number of fused-ring (bicyclic) bond motifs is 1. The van der Waals surface area contributed by atoms with E-state index in [0.29, 0.717) is 61.2 Å². The largest absolute Gasteiger partial charge is 0.387 e. The molecule has 2 saturated heterocycles. The Labute approximate surface area is 332 Å². The van der Waals surface area contributed by atoms with Gasteiger partial charge >= 0.3 is 6.03 Å². The van der Waals surface area contributed by atoms with Gasteiger partial charge < -0.3 is 35.8 Å². The number of carbonyl (C=O) groups excluding carboxylic acids is 1. The first-order valence-electron chi connectivity index (χ1n) is 19.1. The minimum Gasteiger partial charge on any atom is -0.387 e. The van der Waals surface area contributed by atoms with Crippen LogP contribution in [0.5, 0.6) is 0 Å². The average molecular weight is 780 g/mol. The highest BCUT2D eigenvalue weighted by Gasteiger charge is 2.47. The van der Waals surface area contributed by atoms with Crippen LogP contribution in [0.4, 0.5) is 22.2 Å². The van der Waals surface area contributed by atoms with Crippen LogP contribution in [-0.4, -0.2) is 98.8 Å². The molecule has 5 atom stereocenters. The van der Waals surface area contributed by atoms with Gasteiger partial charge in [0.25, 0.3) is 0 Å². The van der Waals surface area contributed by atoms with Crippen molar-refractivity contribution in [2.24, 2.45) is 0 Å². The predicted molar refractivity (Wildman–Crippen MR) is 214 cm³/mol. The summed E-state index contributed by atoms with van der Waals surface area (Å²) < 4.78 is 7.91. The molecule has 0 aliphatic carbocycles. The van der Waals surface area contributed by atoms with Gasteiger partial charge in [-0.2, -0.15) is 14.8 Å². The summed E-state index contributed by atoms with van der Waals surface area (Å²) in [6, 6.07) is 33.2. The predicted octanol–water partition coefficient (Wildman–Crippen LogP) is 3.89. The fourth-order valence-corrected chi connectivity index (χ4v) is 7.49. The number of pyridine rings is 1. The van der Waals surface area contributed by atoms with Crippen LogP contribution in [0.2, 0.25) is 0 Å². The Morgan fingerprint density at radius 3 is 2.36 bits per heavy atom. The van der Waals surface area contributed by atoms with Crippen molar-refractivity contribution in [3.63, 3.8) is 0 Å². The van der Waals surface area contributed by atoms with Crippen molar-refractivity contribution in [2.45, 2.75) is 49.5 Å². The van der Waals surface area contributed by atoms with Gasteiger partial charge in [-0.05, 0) is 40.5 Å². The van der Waals surface area contributed by atoms with Crippen LogP contribution in [-0.2, 0) is 11.3 Å². The third kappa shape index (κ3) is 7.77. The maximum atomic E-state index is 12.9. The van der Waals surface area contributed by atoms with E-state index in [1.807, 2.05) is 71.6 Å². The molecular formula is C41H41N13O4. The number of nitrogens with one attached hydrogen (secondary N) is 3. The van der Waals surface area contributed by atoms with Crippen LogP contribution in [0.25, 0.3) is 11.2 Å². The van der Waals surface area contributed by atoms with Gasteiger partial charge in [0.1, 0.15) is 12.2 Å². The lowest BCUT2D eigenvalue weighted by molar-refractivity contribution is -0.0384. The molecule has 3 aromatic carbocycles. The number of rotatable bonds is 12. The van der Waals surface area contributed by atoms with E-state index in [1.165, 1.54) is 11.1 Å². The number of tetrazole rings is 1. The first-order chi connectivity index (χ1) is 28.5. The molecule has 2 fully saturated rings. The number of carbonyl (C=O) groups is 1. The molecule has 58 heavy (non-hydrogen) atoms. The third-order valence-electron chi connectivity index (χ3n) is 10.4. The number of anilines is 3. The zero-order valence-electron chi connectivity index (χ0n) is 31.2. The number of imidazole rings is 1. The summed E-state index contributed by atoms with van der Waals surface area (Å²) in [5.74, 6) is 1.01. The lowest BCUT2D eigenvalue weighted by Crippen LogP contribution is -2.40. The molecular weight excluding hydrogens is 739 g/mol. The number of hydrogen-bond acceptors (Lipinski definition) is 13. The molecule has 7 aromatic rings. The second-order valence-corrected chi connectivity index (χ2v) is 14.3. The summed E-state index contributed by atoms with van der Waals surface area (Å²) in [5, 5.41) is 44.9. The summed E-state index contributed by atoms with van der Waals surface area (Å²) in [6.45, 7) is 1.88. The van der Waals surface area contributed by atoms with Crippen LogP contribution in [0.3, 0.4) is 0 Å². The summed E-state index contributed by atoms with van der Waals surface area (Å²) in [6.07, 6.45) is 0.511. The highest BCUT2D eigenvalue weighted by Crippen LogP contribution is 2.39. The van der Waals surface area contributed by atoms with Crippen molar-refractivity contribution in [1.29, 1.82) is 0 Å². The summed E-state index contributed by atoms with van der Waals surface area (Å²) in [7, 11) is 0. The molecule has 17 heteroatoms. The van der Waals surface area contributed by atoms with Gasteiger partial charge in [0.05, 0.1) is 24.8 Å². The molecule has 0 saturated carbocycles. The minimum absolute atomic E-state index is 0.0182. The molecule has 2 aliphatic heterocycles. The number of aliphatic hydroxyl groups is 2. The van der Waals surface area contributed by atoms with Crippen molar-refractivity contribution >= 4 is 34.6 Å². The first kappa shape index (κ1) is 36.8. The number of aromatic nitrogens is 9. The Morgan fingerprint density at radius 2 is 1.64 bits per heavy atom. The van der Waals surface area contributed by atoms with Crippen molar-refractivity contribution in [2.75, 3.05) is 35.2 Å². The summed E-state index contributed by atoms with van der Waals surface area (Å²) in [4.78, 5) is 35.0. The van der Waals surface area contributed by atoms with E-state index in [-0.39, 0.29) is 23.8 Å². The van der Waals surface area contributed by atoms with E-state index >= 15 is 0 Å². The molecule has 0 bridgehead atoms. The van der Waals surface area contributed by atoms with Gasteiger partial charge in [-0.3, -0.25) is 9.55 Å². The van der Waals surface area contributed by atoms with E-state index in [9.17, 15) is 15.0 Å². The number of nitrogens with zero attached hydrogens (tertiary/aromatic N) is 10. The first-order valence-corrected chi connectivity index (χ1v) is 19.1. The lowest BCUT2D eigenvalue weighted by Gasteiger charge is -2.22. The maximum Gasteiger partial charge on any atom is 0.319 e. The Morgan fingerprint density at radius 1 is 0.897 bits per heavy atom. The van der Waals surface area contributed by atoms with Crippen LogP contribution in [0.15, 0.2) is 122 Å². The van der Waals surface area contributed by atoms with Gasteiger partial charge in [0.15, 0.2) is 29.3 Å². The Bertz CT molecular complexity index is 2410. The molecule has 4 aromatic heterocycles. The zero-order chi connectivity index (χ0) is 39.4. The van der Waals surface area contributed by atoms with Crippen molar-refractivity contribution in [3.8, 4) is 0 Å². The van der Waals surface area contributed by atoms with E-state index in [2.05, 4.69) is 60.6 Å². The van der Waals surface area contributed by atoms with E-state index in [0.717, 1.165) is 16.7 Å². The van der Waals surface area contributed by atoms with Crippen molar-refractivity contribution in [1.82, 2.24) is 50.0 Å². The lowest BCUT2D eigenvalue weighted by atomic mass is 9.91.